The molecular weight excluding hydrogens is 244 g/mol. The van der Waals surface area contributed by atoms with Crippen molar-refractivity contribution < 1.29 is 0 Å². The molecule has 0 aliphatic carbocycles. The summed E-state index contributed by atoms with van der Waals surface area (Å²) in [7, 11) is 0. The van der Waals surface area contributed by atoms with Crippen molar-refractivity contribution in [2.45, 2.75) is 19.4 Å². The molecule has 2 aromatic rings. The first-order chi connectivity index (χ1) is 8.81. The standard InChI is InChI=1S/C15H17ClN2/c1-2-10-17-15(12-6-4-3-5-7-12)14-9-8-13(16)11-18-14/h3-9,11,15,17H,2,10H2,1H3. The highest BCUT2D eigenvalue weighted by Crippen LogP contribution is 2.21. The fraction of sp³-hybridized carbons (Fsp3) is 0.267. The van der Waals surface area contributed by atoms with Crippen molar-refractivity contribution in [2.24, 2.45) is 0 Å². The molecule has 0 saturated heterocycles. The van der Waals surface area contributed by atoms with Crippen LogP contribution in [-0.2, 0) is 0 Å². The topological polar surface area (TPSA) is 24.9 Å². The number of hydrogen-bond donors (Lipinski definition) is 1. The van der Waals surface area contributed by atoms with Crippen molar-refractivity contribution in [1.29, 1.82) is 0 Å². The van der Waals surface area contributed by atoms with Crippen LogP contribution >= 0.6 is 11.6 Å². The molecule has 94 valence electrons. The van der Waals surface area contributed by atoms with Gasteiger partial charge in [-0.2, -0.15) is 0 Å². The minimum atomic E-state index is 0.128. The third-order valence-corrected chi connectivity index (χ3v) is 3.00. The molecule has 2 rings (SSSR count). The van der Waals surface area contributed by atoms with Gasteiger partial charge >= 0.3 is 0 Å². The van der Waals surface area contributed by atoms with Gasteiger partial charge in [-0.3, -0.25) is 4.98 Å². The van der Waals surface area contributed by atoms with Crippen LogP contribution in [0.15, 0.2) is 48.7 Å². The number of nitrogens with one attached hydrogen (secondary N) is 1. The van der Waals surface area contributed by atoms with Crippen LogP contribution in [0.5, 0.6) is 0 Å². The van der Waals surface area contributed by atoms with Crippen LogP contribution in [0.3, 0.4) is 0 Å². The predicted molar refractivity (Wildman–Crippen MR) is 75.8 cm³/mol. The van der Waals surface area contributed by atoms with E-state index in [4.69, 9.17) is 11.6 Å². The Morgan fingerprint density at radius 2 is 1.94 bits per heavy atom. The molecule has 0 saturated carbocycles. The van der Waals surface area contributed by atoms with Crippen LogP contribution < -0.4 is 5.32 Å². The summed E-state index contributed by atoms with van der Waals surface area (Å²) in [5, 5.41) is 4.18. The van der Waals surface area contributed by atoms with Gasteiger partial charge in [0.05, 0.1) is 16.8 Å². The van der Waals surface area contributed by atoms with E-state index < -0.39 is 0 Å². The molecular formula is C15H17ClN2. The second-order valence-corrected chi connectivity index (χ2v) is 4.64. The molecule has 0 aliphatic rings. The number of rotatable bonds is 5. The van der Waals surface area contributed by atoms with Gasteiger partial charge < -0.3 is 5.32 Å². The third kappa shape index (κ3) is 3.31. The summed E-state index contributed by atoms with van der Waals surface area (Å²) in [4.78, 5) is 4.41. The molecule has 1 aromatic carbocycles. The zero-order valence-corrected chi connectivity index (χ0v) is 11.2. The Hall–Kier alpha value is -1.38. The van der Waals surface area contributed by atoms with E-state index in [0.29, 0.717) is 5.02 Å². The Kier molecular flexibility index (Phi) is 4.73. The summed E-state index contributed by atoms with van der Waals surface area (Å²) in [6.07, 6.45) is 2.79. The average molecular weight is 261 g/mol. The summed E-state index contributed by atoms with van der Waals surface area (Å²) in [6, 6.07) is 14.3. The highest BCUT2D eigenvalue weighted by molar-refractivity contribution is 6.30. The van der Waals surface area contributed by atoms with Crippen molar-refractivity contribution in [3.8, 4) is 0 Å². The molecule has 1 heterocycles. The van der Waals surface area contributed by atoms with Gasteiger partial charge in [0.1, 0.15) is 0 Å². The first kappa shape index (κ1) is 13.1. The van der Waals surface area contributed by atoms with Crippen LogP contribution in [0.25, 0.3) is 0 Å². The van der Waals surface area contributed by atoms with Crippen molar-refractivity contribution in [3.05, 3.63) is 64.9 Å². The highest BCUT2D eigenvalue weighted by Gasteiger charge is 2.13. The lowest BCUT2D eigenvalue weighted by Crippen LogP contribution is -2.23. The van der Waals surface area contributed by atoms with Gasteiger partial charge in [0.2, 0.25) is 0 Å². The predicted octanol–water partition coefficient (Wildman–Crippen LogP) is 3.82. The smallest absolute Gasteiger partial charge is 0.0751 e. The van der Waals surface area contributed by atoms with Gasteiger partial charge in [0, 0.05) is 6.20 Å². The van der Waals surface area contributed by atoms with E-state index in [0.717, 1.165) is 18.7 Å². The van der Waals surface area contributed by atoms with Crippen molar-refractivity contribution in [3.63, 3.8) is 0 Å². The first-order valence-corrected chi connectivity index (χ1v) is 6.59. The number of aromatic nitrogens is 1. The Balaban J connectivity index is 2.27. The number of nitrogens with zero attached hydrogens (tertiary/aromatic N) is 1. The number of pyridine rings is 1. The lowest BCUT2D eigenvalue weighted by atomic mass is 10.0. The third-order valence-electron chi connectivity index (χ3n) is 2.78. The van der Waals surface area contributed by atoms with Crippen LogP contribution in [0.2, 0.25) is 5.02 Å². The van der Waals surface area contributed by atoms with Gasteiger partial charge in [-0.25, -0.2) is 0 Å². The minimum absolute atomic E-state index is 0.128. The van der Waals surface area contributed by atoms with Crippen LogP contribution in [-0.4, -0.2) is 11.5 Å². The van der Waals surface area contributed by atoms with E-state index in [1.165, 1.54) is 5.56 Å². The number of hydrogen-bond acceptors (Lipinski definition) is 2. The van der Waals surface area contributed by atoms with Gasteiger partial charge in [-0.15, -0.1) is 0 Å². The molecule has 0 amide bonds. The van der Waals surface area contributed by atoms with E-state index in [2.05, 4.69) is 29.4 Å². The minimum Gasteiger partial charge on any atom is -0.305 e. The maximum atomic E-state index is 5.88. The first-order valence-electron chi connectivity index (χ1n) is 6.21. The molecule has 0 aliphatic heterocycles. The van der Waals surface area contributed by atoms with Gasteiger partial charge in [-0.05, 0) is 30.7 Å². The van der Waals surface area contributed by atoms with E-state index in [9.17, 15) is 0 Å². The molecule has 1 N–H and O–H groups in total. The molecule has 18 heavy (non-hydrogen) atoms. The normalized spacial score (nSPS) is 12.3. The highest BCUT2D eigenvalue weighted by atomic mass is 35.5. The molecule has 1 atom stereocenters. The molecule has 0 bridgehead atoms. The summed E-state index contributed by atoms with van der Waals surface area (Å²) < 4.78 is 0. The molecule has 3 heteroatoms. The van der Waals surface area contributed by atoms with Gasteiger partial charge in [-0.1, -0.05) is 48.9 Å². The number of benzene rings is 1. The zero-order valence-electron chi connectivity index (χ0n) is 10.4. The van der Waals surface area contributed by atoms with E-state index >= 15 is 0 Å². The molecule has 2 nitrogen and oxygen atoms in total. The maximum absolute atomic E-state index is 5.88. The van der Waals surface area contributed by atoms with E-state index in [-0.39, 0.29) is 6.04 Å². The zero-order chi connectivity index (χ0) is 12.8. The van der Waals surface area contributed by atoms with Crippen LogP contribution in [0.1, 0.15) is 30.6 Å². The van der Waals surface area contributed by atoms with Crippen LogP contribution in [0, 0.1) is 0 Å². The van der Waals surface area contributed by atoms with Crippen molar-refractivity contribution in [1.82, 2.24) is 10.3 Å². The largest absolute Gasteiger partial charge is 0.305 e. The van der Waals surface area contributed by atoms with Crippen molar-refractivity contribution in [2.75, 3.05) is 6.54 Å². The van der Waals surface area contributed by atoms with E-state index in [1.54, 1.807) is 6.20 Å². The molecule has 0 radical (unpaired) electrons. The van der Waals surface area contributed by atoms with Gasteiger partial charge in [0.25, 0.3) is 0 Å². The second kappa shape index (κ2) is 6.53. The monoisotopic (exact) mass is 260 g/mol. The lowest BCUT2D eigenvalue weighted by Gasteiger charge is -2.18. The average Bonchev–Trinajstić information content (AvgIpc) is 2.42. The second-order valence-electron chi connectivity index (χ2n) is 4.20. The molecule has 0 spiro atoms. The maximum Gasteiger partial charge on any atom is 0.0751 e. The Morgan fingerprint density at radius 3 is 2.56 bits per heavy atom. The fourth-order valence-corrected chi connectivity index (χ4v) is 2.00. The number of halogens is 1. The van der Waals surface area contributed by atoms with Crippen molar-refractivity contribution >= 4 is 11.6 Å². The summed E-state index contributed by atoms with van der Waals surface area (Å²) >= 11 is 5.88. The SMILES string of the molecule is CCCNC(c1ccccc1)c1ccc(Cl)cn1. The summed E-state index contributed by atoms with van der Waals surface area (Å²) in [6.45, 7) is 3.12. The lowest BCUT2D eigenvalue weighted by molar-refractivity contribution is 0.586. The molecule has 1 unspecified atom stereocenters. The van der Waals surface area contributed by atoms with Gasteiger partial charge in [0.15, 0.2) is 0 Å². The summed E-state index contributed by atoms with van der Waals surface area (Å²) in [5.41, 5.74) is 2.22. The van der Waals surface area contributed by atoms with E-state index in [1.807, 2.05) is 30.3 Å². The molecule has 1 aromatic heterocycles. The quantitative estimate of drug-likeness (QED) is 0.884. The summed E-state index contributed by atoms with van der Waals surface area (Å²) in [5.74, 6) is 0. The van der Waals surface area contributed by atoms with Crippen LogP contribution in [0.4, 0.5) is 0 Å². The fourth-order valence-electron chi connectivity index (χ4n) is 1.89. The molecule has 0 fully saturated rings. The Labute approximate surface area is 113 Å². The Morgan fingerprint density at radius 1 is 1.17 bits per heavy atom. The Bertz CT molecular complexity index is 468.